The molecule has 0 unspecified atom stereocenters. The van der Waals surface area contributed by atoms with Crippen LogP contribution in [-0.2, 0) is 0 Å². The normalized spacial score (nSPS) is 28.6. The highest BCUT2D eigenvalue weighted by Crippen LogP contribution is 2.93. The van der Waals surface area contributed by atoms with E-state index in [1.165, 1.54) is 0 Å². The van der Waals surface area contributed by atoms with Crippen molar-refractivity contribution in [1.82, 2.24) is 0 Å². The van der Waals surface area contributed by atoms with E-state index < -0.39 is 0 Å². The second kappa shape index (κ2) is 21.9. The summed E-state index contributed by atoms with van der Waals surface area (Å²) >= 11 is 0. The van der Waals surface area contributed by atoms with Gasteiger partial charge >= 0.3 is 0 Å². The first-order chi connectivity index (χ1) is 27.6. The van der Waals surface area contributed by atoms with E-state index in [1.807, 2.05) is 0 Å². The Labute approximate surface area is 355 Å². The fraction of sp³-hybridized carbons (Fsp3) is 1.00. The molecule has 8 saturated carbocycles. The lowest BCUT2D eigenvalue weighted by molar-refractivity contribution is 0.451. The lowest BCUT2D eigenvalue weighted by atomic mass is 9.99. The van der Waals surface area contributed by atoms with E-state index in [2.05, 4.69) is 13.8 Å². The molecule has 0 amide bonds. The van der Waals surface area contributed by atoms with Gasteiger partial charge in [-0.15, -0.1) is 0 Å². The Balaban J connectivity index is 1.42. The summed E-state index contributed by atoms with van der Waals surface area (Å²) < 4.78 is 0. The highest BCUT2D eigenvalue weighted by Gasteiger charge is 2.67. The van der Waals surface area contributed by atoms with Crippen LogP contribution < -0.4 is 0 Å². The third kappa shape index (κ3) is 9.76. The first-order valence-electron chi connectivity index (χ1n) is 26.7. The van der Waals surface area contributed by atoms with Gasteiger partial charge in [0.2, 0.25) is 0 Å². The Kier molecular flexibility index (Phi) is 17.3. The fourth-order valence-electron chi connectivity index (χ4n) is 16.2. The van der Waals surface area contributed by atoms with Gasteiger partial charge in [0, 0.05) is 9.79 Å². The molecule has 4 heteroatoms. The Hall–Kier alpha value is 1.72. The molecule has 322 valence electrons. The summed E-state index contributed by atoms with van der Waals surface area (Å²) in [6, 6.07) is 0. The Morgan fingerprint density at radius 1 is 0.196 bits per heavy atom. The smallest absolute Gasteiger partial charge is 0.0220 e. The van der Waals surface area contributed by atoms with Gasteiger partial charge in [0.1, 0.15) is 0 Å². The maximum atomic E-state index is 3.40. The van der Waals surface area contributed by atoms with Gasteiger partial charge in [0.05, 0.1) is 0 Å². The second-order valence-corrected chi connectivity index (χ2v) is 35.4. The van der Waals surface area contributed by atoms with Crippen molar-refractivity contribution in [2.45, 2.75) is 326 Å². The Morgan fingerprint density at radius 3 is 0.411 bits per heavy atom. The van der Waals surface area contributed by atoms with Crippen molar-refractivity contribution in [3.63, 3.8) is 0 Å². The minimum Gasteiger partial charge on any atom is -0.0885 e. The molecule has 0 heterocycles. The highest BCUT2D eigenvalue weighted by molar-refractivity contribution is 7.86. The van der Waals surface area contributed by atoms with Crippen LogP contribution in [0, 0.1) is 0 Å². The minimum absolute atomic E-state index is 0.00725. The van der Waals surface area contributed by atoms with E-state index in [4.69, 9.17) is 0 Å². The maximum absolute atomic E-state index is 3.40. The summed E-state index contributed by atoms with van der Waals surface area (Å²) in [7, 11) is -0.0290. The number of hydrogen-bond acceptors (Lipinski definition) is 0. The minimum atomic E-state index is -0.00725. The van der Waals surface area contributed by atoms with Crippen molar-refractivity contribution in [3.05, 3.63) is 0 Å². The predicted molar refractivity (Wildman–Crippen MR) is 259 cm³/mol. The monoisotopic (exact) mass is 843 g/mol. The number of hydrogen-bond donors (Lipinski definition) is 0. The molecule has 8 fully saturated rings. The summed E-state index contributed by atoms with van der Waals surface area (Å²) in [6.45, 7) is 6.80. The van der Waals surface area contributed by atoms with E-state index in [0.717, 1.165) is 45.3 Å². The predicted octanol–water partition coefficient (Wildman–Crippen LogP) is 19.0. The van der Waals surface area contributed by atoms with Gasteiger partial charge in [-0.25, -0.2) is 0 Å². The zero-order chi connectivity index (χ0) is 38.2. The molecule has 0 aliphatic heterocycles. The van der Waals surface area contributed by atoms with Crippen LogP contribution in [0.25, 0.3) is 0 Å². The van der Waals surface area contributed by atoms with Crippen LogP contribution in [0.5, 0.6) is 0 Å². The molecule has 0 N–H and O–H groups in total. The molecule has 8 aliphatic rings. The van der Waals surface area contributed by atoms with Crippen LogP contribution >= 0.6 is 31.7 Å². The third-order valence-electron chi connectivity index (χ3n) is 18.7. The van der Waals surface area contributed by atoms with E-state index in [9.17, 15) is 0 Å². The first kappa shape index (κ1) is 44.3. The van der Waals surface area contributed by atoms with E-state index >= 15 is 0 Å². The SMILES string of the molecule is CC(P(C1CCCCC1)C1CCCCC1)(P(C1CCCCC1)C1CCCCC1)C(C)(P(C1CCCCC1)C1CCCCC1)P(C1CCCCC1)C1CCCCC1. The van der Waals surface area contributed by atoms with Crippen LogP contribution in [0.2, 0.25) is 0 Å². The van der Waals surface area contributed by atoms with Gasteiger partial charge in [-0.3, -0.25) is 0 Å². The molecule has 0 saturated heterocycles. The Morgan fingerprint density at radius 2 is 0.304 bits per heavy atom. The summed E-state index contributed by atoms with van der Waals surface area (Å²) in [5, 5.41) is 0. The molecule has 0 aromatic carbocycles. The Bertz CT molecular complexity index is 866. The van der Waals surface area contributed by atoms with Gasteiger partial charge in [0.15, 0.2) is 0 Å². The topological polar surface area (TPSA) is 0 Å². The lowest BCUT2D eigenvalue weighted by Crippen LogP contribution is -2.56. The summed E-state index contributed by atoms with van der Waals surface area (Å²) in [6.07, 6.45) is 64.4. The van der Waals surface area contributed by atoms with Crippen LogP contribution in [0.4, 0.5) is 0 Å². The molecule has 0 nitrogen and oxygen atoms in total. The van der Waals surface area contributed by atoms with Gasteiger partial charge in [0.25, 0.3) is 0 Å². The van der Waals surface area contributed by atoms with Crippen molar-refractivity contribution < 1.29 is 0 Å². The van der Waals surface area contributed by atoms with Crippen molar-refractivity contribution in [2.24, 2.45) is 0 Å². The first-order valence-corrected chi connectivity index (χ1v) is 32.7. The standard InChI is InChI=1S/C52H94P4/c1-51(53(43-27-11-3-12-28-43)44-29-13-4-14-30-44,54(45-31-15-5-16-32-45)46-33-17-6-18-34-46)52(2,55(47-35-19-7-20-36-47)48-37-21-8-22-38-48)56(49-39-23-9-24-40-49)50-41-25-10-26-42-50/h43-50H,3-42H2,1-2H3. The molecule has 0 spiro atoms. The molecule has 8 aliphatic carbocycles. The fourth-order valence-corrected chi connectivity index (χ4v) is 42.4. The molecule has 8 rings (SSSR count). The molecular formula is C52H94P4. The van der Waals surface area contributed by atoms with Crippen LogP contribution in [-0.4, -0.2) is 55.1 Å². The maximum Gasteiger partial charge on any atom is 0.0220 e. The molecule has 0 atom stereocenters. The lowest BCUT2D eigenvalue weighted by Gasteiger charge is -2.71. The molecule has 0 radical (unpaired) electrons. The van der Waals surface area contributed by atoms with Crippen LogP contribution in [0.1, 0.15) is 271 Å². The zero-order valence-electron chi connectivity index (χ0n) is 37.7. The molecule has 56 heavy (non-hydrogen) atoms. The van der Waals surface area contributed by atoms with Gasteiger partial charge < -0.3 is 0 Å². The van der Waals surface area contributed by atoms with Crippen molar-refractivity contribution in [2.75, 3.05) is 0 Å². The summed E-state index contributed by atoms with van der Waals surface area (Å²) in [5.41, 5.74) is 8.94. The van der Waals surface area contributed by atoms with Gasteiger partial charge in [-0.1, -0.05) is 200 Å². The van der Waals surface area contributed by atoms with E-state index in [0.29, 0.717) is 9.79 Å². The average Bonchev–Trinajstić information content (AvgIpc) is 3.27. The molecule has 0 aromatic rings. The molecule has 0 aromatic heterocycles. The van der Waals surface area contributed by atoms with E-state index in [1.54, 1.807) is 257 Å². The van der Waals surface area contributed by atoms with E-state index in [-0.39, 0.29) is 31.7 Å². The second-order valence-electron chi connectivity index (χ2n) is 22.0. The van der Waals surface area contributed by atoms with Crippen LogP contribution in [0.15, 0.2) is 0 Å². The van der Waals surface area contributed by atoms with Crippen molar-refractivity contribution in [1.29, 1.82) is 0 Å². The van der Waals surface area contributed by atoms with Crippen LogP contribution in [0.3, 0.4) is 0 Å². The van der Waals surface area contributed by atoms with Crippen molar-refractivity contribution >= 4 is 31.7 Å². The molecular weight excluding hydrogens is 748 g/mol. The summed E-state index contributed by atoms with van der Waals surface area (Å²) in [5.74, 6) is 0. The number of rotatable bonds is 13. The largest absolute Gasteiger partial charge is 0.0885 e. The molecule has 0 bridgehead atoms. The van der Waals surface area contributed by atoms with Gasteiger partial charge in [-0.2, -0.15) is 0 Å². The summed E-state index contributed by atoms with van der Waals surface area (Å²) in [4.78, 5) is 1.32. The third-order valence-corrected chi connectivity index (χ3v) is 38.4. The average molecular weight is 843 g/mol. The highest BCUT2D eigenvalue weighted by atomic mass is 31.2. The zero-order valence-corrected chi connectivity index (χ0v) is 41.3. The van der Waals surface area contributed by atoms with Crippen molar-refractivity contribution in [3.8, 4) is 0 Å². The quantitative estimate of drug-likeness (QED) is 0.162. The van der Waals surface area contributed by atoms with Gasteiger partial charge in [-0.05, 0) is 148 Å².